The summed E-state index contributed by atoms with van der Waals surface area (Å²) < 4.78 is 68.7. The van der Waals surface area contributed by atoms with E-state index in [1.165, 1.54) is 24.1 Å². The van der Waals surface area contributed by atoms with Crippen molar-refractivity contribution in [2.75, 3.05) is 12.4 Å². The van der Waals surface area contributed by atoms with E-state index in [1.54, 1.807) is 25.2 Å². The van der Waals surface area contributed by atoms with Crippen LogP contribution in [0.5, 0.6) is 5.75 Å². The highest BCUT2D eigenvalue weighted by Crippen LogP contribution is 2.40. The summed E-state index contributed by atoms with van der Waals surface area (Å²) >= 11 is 1.24. The molecular formula is C16H17F3N2O3S2. The van der Waals surface area contributed by atoms with Gasteiger partial charge in [0.05, 0.1) is 0 Å². The average molecular weight is 406 g/mol. The molecule has 2 aromatic carbocycles. The molecule has 142 valence electrons. The van der Waals surface area contributed by atoms with Crippen molar-refractivity contribution in [2.24, 2.45) is 0 Å². The Labute approximate surface area is 153 Å². The van der Waals surface area contributed by atoms with E-state index in [9.17, 15) is 21.6 Å². The molecule has 0 atom stereocenters. The Morgan fingerprint density at radius 2 is 1.88 bits per heavy atom. The molecule has 5 nitrogen and oxygen atoms in total. The van der Waals surface area contributed by atoms with E-state index in [4.69, 9.17) is 0 Å². The monoisotopic (exact) mass is 406 g/mol. The quantitative estimate of drug-likeness (QED) is 0.425. The van der Waals surface area contributed by atoms with Gasteiger partial charge in [-0.15, -0.1) is 0 Å². The standard InChI is InChI=1S/C16H17F3N2O3S2/c1-15(5-6-15)21-25-12-8-10-7-11(20-2)3-4-13(10)14(9-12)24-26(22,23)16(17,18)19/h3-4,7-9,20-21H,5-6H2,1-2H3. The molecule has 1 aliphatic carbocycles. The minimum Gasteiger partial charge on any atom is -0.388 e. The Bertz CT molecular complexity index is 942. The molecule has 0 radical (unpaired) electrons. The summed E-state index contributed by atoms with van der Waals surface area (Å²) in [5, 5.41) is 3.78. The van der Waals surface area contributed by atoms with Crippen LogP contribution >= 0.6 is 11.9 Å². The van der Waals surface area contributed by atoms with E-state index in [2.05, 4.69) is 14.2 Å². The third-order valence-corrected chi connectivity index (χ3v) is 6.11. The molecule has 1 fully saturated rings. The predicted molar refractivity (Wildman–Crippen MR) is 95.7 cm³/mol. The lowest BCUT2D eigenvalue weighted by Crippen LogP contribution is -2.28. The highest BCUT2D eigenvalue weighted by Gasteiger charge is 2.48. The summed E-state index contributed by atoms with van der Waals surface area (Å²) in [7, 11) is -4.04. The first-order chi connectivity index (χ1) is 12.0. The van der Waals surface area contributed by atoms with E-state index >= 15 is 0 Å². The van der Waals surface area contributed by atoms with Crippen molar-refractivity contribution in [3.63, 3.8) is 0 Å². The van der Waals surface area contributed by atoms with Gasteiger partial charge in [-0.05, 0) is 67.4 Å². The molecule has 0 amide bonds. The number of fused-ring (bicyclic) bond motifs is 1. The van der Waals surface area contributed by atoms with Gasteiger partial charge in [0.1, 0.15) is 0 Å². The minimum absolute atomic E-state index is 0.00842. The number of rotatable bonds is 6. The third kappa shape index (κ3) is 4.02. The molecule has 2 aromatic rings. The van der Waals surface area contributed by atoms with Crippen molar-refractivity contribution in [1.29, 1.82) is 0 Å². The molecule has 0 spiro atoms. The molecule has 0 unspecified atom stereocenters. The first kappa shape index (κ1) is 19.1. The number of hydrogen-bond donors (Lipinski definition) is 2. The summed E-state index contributed by atoms with van der Waals surface area (Å²) in [6, 6.07) is 7.93. The third-order valence-electron chi connectivity index (χ3n) is 4.08. The maximum atomic E-state index is 12.7. The van der Waals surface area contributed by atoms with Gasteiger partial charge in [-0.2, -0.15) is 21.6 Å². The fraction of sp³-hybridized carbons (Fsp3) is 0.375. The molecule has 0 saturated heterocycles. The van der Waals surface area contributed by atoms with Crippen LogP contribution in [0.15, 0.2) is 35.2 Å². The van der Waals surface area contributed by atoms with Gasteiger partial charge < -0.3 is 9.50 Å². The molecule has 0 heterocycles. The zero-order chi connectivity index (χ0) is 19.2. The fourth-order valence-electron chi connectivity index (χ4n) is 2.23. The molecule has 1 saturated carbocycles. The molecule has 3 rings (SSSR count). The lowest BCUT2D eigenvalue weighted by molar-refractivity contribution is -0.0499. The van der Waals surface area contributed by atoms with Crippen LogP contribution < -0.4 is 14.2 Å². The fourth-order valence-corrected chi connectivity index (χ4v) is 3.62. The minimum atomic E-state index is -5.75. The zero-order valence-electron chi connectivity index (χ0n) is 14.0. The van der Waals surface area contributed by atoms with Gasteiger partial charge in [0.25, 0.3) is 0 Å². The Morgan fingerprint density at radius 3 is 2.46 bits per heavy atom. The molecule has 0 bridgehead atoms. The van der Waals surface area contributed by atoms with Crippen molar-refractivity contribution in [2.45, 2.75) is 35.7 Å². The lowest BCUT2D eigenvalue weighted by atomic mass is 10.1. The number of alkyl halides is 3. The van der Waals surface area contributed by atoms with Gasteiger partial charge in [0, 0.05) is 28.6 Å². The van der Waals surface area contributed by atoms with Crippen LogP contribution in [-0.2, 0) is 10.1 Å². The largest absolute Gasteiger partial charge is 0.534 e. The summed E-state index contributed by atoms with van der Waals surface area (Å²) in [6.07, 6.45) is 2.01. The average Bonchev–Trinajstić information content (AvgIpc) is 3.29. The van der Waals surface area contributed by atoms with Crippen molar-refractivity contribution >= 4 is 38.5 Å². The van der Waals surface area contributed by atoms with Gasteiger partial charge in [0.2, 0.25) is 0 Å². The van der Waals surface area contributed by atoms with Crippen molar-refractivity contribution in [3.8, 4) is 5.75 Å². The van der Waals surface area contributed by atoms with E-state index in [-0.39, 0.29) is 16.7 Å². The maximum absolute atomic E-state index is 12.7. The first-order valence-corrected chi connectivity index (χ1v) is 9.96. The van der Waals surface area contributed by atoms with E-state index < -0.39 is 15.6 Å². The van der Waals surface area contributed by atoms with Crippen LogP contribution in [0.4, 0.5) is 18.9 Å². The van der Waals surface area contributed by atoms with Crippen LogP contribution in [0.1, 0.15) is 19.8 Å². The van der Waals surface area contributed by atoms with Crippen LogP contribution in [0, 0.1) is 0 Å². The Morgan fingerprint density at radius 1 is 1.19 bits per heavy atom. The summed E-state index contributed by atoms with van der Waals surface area (Å²) in [4.78, 5) is 0.561. The molecule has 10 heteroatoms. The van der Waals surface area contributed by atoms with E-state index in [0.29, 0.717) is 10.3 Å². The number of anilines is 1. The summed E-state index contributed by atoms with van der Waals surface area (Å²) in [5.74, 6) is -0.354. The maximum Gasteiger partial charge on any atom is 0.534 e. The van der Waals surface area contributed by atoms with Gasteiger partial charge in [-0.25, -0.2) is 0 Å². The number of hydrogen-bond acceptors (Lipinski definition) is 6. The second-order valence-electron chi connectivity index (χ2n) is 6.36. The number of halogens is 3. The highest BCUT2D eigenvalue weighted by molar-refractivity contribution is 7.97. The molecular weight excluding hydrogens is 389 g/mol. The van der Waals surface area contributed by atoms with E-state index in [1.807, 2.05) is 6.92 Å². The smallest absolute Gasteiger partial charge is 0.388 e. The summed E-state index contributed by atoms with van der Waals surface area (Å²) in [6.45, 7) is 2.03. The van der Waals surface area contributed by atoms with Crippen molar-refractivity contribution in [1.82, 2.24) is 4.72 Å². The van der Waals surface area contributed by atoms with Crippen LogP contribution in [0.3, 0.4) is 0 Å². The Hall–Kier alpha value is -1.65. The molecule has 0 aliphatic heterocycles. The van der Waals surface area contributed by atoms with E-state index in [0.717, 1.165) is 18.5 Å². The van der Waals surface area contributed by atoms with Crippen LogP contribution in [-0.4, -0.2) is 26.5 Å². The summed E-state index contributed by atoms with van der Waals surface area (Å²) in [5.41, 5.74) is -4.76. The molecule has 0 aromatic heterocycles. The normalized spacial score (nSPS) is 16.5. The van der Waals surface area contributed by atoms with Gasteiger partial charge >= 0.3 is 15.6 Å². The first-order valence-electron chi connectivity index (χ1n) is 7.73. The zero-order valence-corrected chi connectivity index (χ0v) is 15.6. The second kappa shape index (κ2) is 6.50. The lowest BCUT2D eigenvalue weighted by Gasteiger charge is -2.15. The number of benzene rings is 2. The van der Waals surface area contributed by atoms with Gasteiger partial charge in [-0.1, -0.05) is 0 Å². The second-order valence-corrected chi connectivity index (χ2v) is 8.77. The number of nitrogens with one attached hydrogen (secondary N) is 2. The molecule has 1 aliphatic rings. The van der Waals surface area contributed by atoms with Crippen molar-refractivity contribution in [3.05, 3.63) is 30.3 Å². The van der Waals surface area contributed by atoms with Gasteiger partial charge in [-0.3, -0.25) is 4.72 Å². The molecule has 2 N–H and O–H groups in total. The van der Waals surface area contributed by atoms with Crippen molar-refractivity contribution < 1.29 is 25.8 Å². The predicted octanol–water partition coefficient (Wildman–Crippen LogP) is 4.26. The SMILES string of the molecule is CNc1ccc2c(OS(=O)(=O)C(F)(F)F)cc(SNC3(C)CC3)cc2c1. The topological polar surface area (TPSA) is 67.4 Å². The van der Waals surface area contributed by atoms with Crippen LogP contribution in [0.2, 0.25) is 0 Å². The van der Waals surface area contributed by atoms with Gasteiger partial charge in [0.15, 0.2) is 5.75 Å². The highest BCUT2D eigenvalue weighted by atomic mass is 32.2. The Balaban J connectivity index is 2.03. The Kier molecular flexibility index (Phi) is 4.78. The molecule has 26 heavy (non-hydrogen) atoms. The van der Waals surface area contributed by atoms with Crippen LogP contribution in [0.25, 0.3) is 10.8 Å².